The minimum Gasteiger partial charge on any atom is -0.500 e. The Kier molecular flexibility index (Phi) is 5.53. The van der Waals surface area contributed by atoms with Crippen LogP contribution in [0.2, 0.25) is 0 Å². The Balaban J connectivity index is 3.72. The fraction of sp³-hybridized carbons (Fsp3) is 0.462. The number of aromatic nitrogens is 1. The molecule has 1 amide bonds. The van der Waals surface area contributed by atoms with Crippen molar-refractivity contribution < 1.29 is 9.53 Å². The van der Waals surface area contributed by atoms with E-state index in [-0.39, 0.29) is 11.1 Å². The number of ether oxygens (including phenoxy) is 1. The second kappa shape index (κ2) is 6.91. The van der Waals surface area contributed by atoms with Crippen LogP contribution < -0.4 is 14.8 Å². The van der Waals surface area contributed by atoms with Gasteiger partial charge in [-0.05, 0) is 13.8 Å². The van der Waals surface area contributed by atoms with E-state index in [4.69, 9.17) is 4.74 Å². The summed E-state index contributed by atoms with van der Waals surface area (Å²) in [6.45, 7) is 4.43. The summed E-state index contributed by atoms with van der Waals surface area (Å²) in [6, 6.07) is 1.89. The molecule has 1 heterocycles. The molecular weight excluding hydrogens is 278 g/mol. The molecule has 0 radical (unpaired) electrons. The highest BCUT2D eigenvalue weighted by Crippen LogP contribution is 1.97. The van der Waals surface area contributed by atoms with Gasteiger partial charge in [0.1, 0.15) is 21.5 Å². The minimum absolute atomic E-state index is 0.0323. The van der Waals surface area contributed by atoms with Crippen LogP contribution in [0.15, 0.2) is 4.79 Å². The topological polar surface area (TPSA) is 75.3 Å². The summed E-state index contributed by atoms with van der Waals surface area (Å²) in [4.78, 5) is 25.5. The van der Waals surface area contributed by atoms with E-state index in [0.717, 1.165) is 11.3 Å². The Morgan fingerprint density at radius 3 is 2.60 bits per heavy atom. The lowest BCUT2D eigenvalue weighted by Crippen LogP contribution is -2.34. The Bertz CT molecular complexity index is 707. The molecule has 1 aromatic rings. The maximum Gasteiger partial charge on any atom is 0.272 e. The lowest BCUT2D eigenvalue weighted by Gasteiger charge is -2.08. The second-order valence-electron chi connectivity index (χ2n) is 4.08. The molecule has 0 atom stereocenters. The second-order valence-corrected chi connectivity index (χ2v) is 5.11. The van der Waals surface area contributed by atoms with Crippen LogP contribution in [0.3, 0.4) is 0 Å². The average Bonchev–Trinajstić information content (AvgIpc) is 2.73. The molecule has 0 N–H and O–H groups in total. The molecule has 0 fully saturated rings. The molecule has 0 unspecified atom stereocenters. The van der Waals surface area contributed by atoms with E-state index >= 15 is 0 Å². The molecular formula is C13H17N3O3S. The van der Waals surface area contributed by atoms with Gasteiger partial charge in [0.2, 0.25) is 0 Å². The van der Waals surface area contributed by atoms with Crippen LogP contribution >= 0.6 is 11.3 Å². The smallest absolute Gasteiger partial charge is 0.272 e. The molecule has 20 heavy (non-hydrogen) atoms. The third kappa shape index (κ3) is 3.08. The van der Waals surface area contributed by atoms with Crippen LogP contribution in [-0.4, -0.2) is 36.1 Å². The quantitative estimate of drug-likeness (QED) is 0.748. The zero-order chi connectivity index (χ0) is 15.3. The van der Waals surface area contributed by atoms with Crippen molar-refractivity contribution in [3.63, 3.8) is 0 Å². The summed E-state index contributed by atoms with van der Waals surface area (Å²) in [7, 11) is 3.13. The Labute approximate surface area is 120 Å². The number of carbonyl (C=O) groups excluding carboxylic acids is 1. The van der Waals surface area contributed by atoms with E-state index < -0.39 is 5.91 Å². The van der Waals surface area contributed by atoms with Crippen molar-refractivity contribution >= 4 is 29.1 Å². The van der Waals surface area contributed by atoms with E-state index in [0.29, 0.717) is 22.3 Å². The van der Waals surface area contributed by atoms with Gasteiger partial charge in [-0.1, -0.05) is 0 Å². The lowest BCUT2D eigenvalue weighted by molar-refractivity contribution is -0.122. The standard InChI is InChI=1S/C13H17N3O3S/c1-5-16-12(18)10(8-19-6-2)20-13(16)9(7-14)11(17)15(3)4/h8H,5-6H2,1-4H3/b10-8-,13-9-. The fourth-order valence-corrected chi connectivity index (χ4v) is 2.62. The first-order valence-corrected chi connectivity index (χ1v) is 6.97. The predicted molar refractivity (Wildman–Crippen MR) is 77.3 cm³/mol. The molecule has 1 rings (SSSR count). The van der Waals surface area contributed by atoms with Gasteiger partial charge in [-0.15, -0.1) is 11.3 Å². The highest BCUT2D eigenvalue weighted by molar-refractivity contribution is 7.07. The Hall–Kier alpha value is -2.07. The highest BCUT2D eigenvalue weighted by Gasteiger charge is 2.16. The van der Waals surface area contributed by atoms with Crippen molar-refractivity contribution in [2.24, 2.45) is 0 Å². The molecule has 0 aliphatic rings. The minimum atomic E-state index is -0.418. The van der Waals surface area contributed by atoms with Crippen LogP contribution in [-0.2, 0) is 16.1 Å². The van der Waals surface area contributed by atoms with E-state index in [1.807, 2.05) is 13.0 Å². The SMILES string of the molecule is CCO/C=c1\s/c(=C(/C#N)C(=O)N(C)C)n(CC)c1=O. The number of thiazole rings is 1. The maximum atomic E-state index is 12.2. The zero-order valence-corrected chi connectivity index (χ0v) is 12.8. The van der Waals surface area contributed by atoms with Crippen LogP contribution in [0.25, 0.3) is 11.8 Å². The molecule has 0 saturated heterocycles. The summed E-state index contributed by atoms with van der Waals surface area (Å²) in [5.41, 5.74) is -0.282. The van der Waals surface area contributed by atoms with Gasteiger partial charge in [0.05, 0.1) is 6.61 Å². The van der Waals surface area contributed by atoms with Gasteiger partial charge in [-0.2, -0.15) is 5.26 Å². The zero-order valence-electron chi connectivity index (χ0n) is 12.0. The number of amides is 1. The van der Waals surface area contributed by atoms with Crippen molar-refractivity contribution in [3.8, 4) is 6.07 Å². The fourth-order valence-electron chi connectivity index (χ4n) is 1.55. The van der Waals surface area contributed by atoms with E-state index in [9.17, 15) is 14.9 Å². The van der Waals surface area contributed by atoms with E-state index in [1.54, 1.807) is 21.0 Å². The molecule has 1 aromatic heterocycles. The number of rotatable bonds is 4. The molecule has 0 aliphatic heterocycles. The van der Waals surface area contributed by atoms with Crippen LogP contribution in [0, 0.1) is 11.3 Å². The van der Waals surface area contributed by atoms with Crippen LogP contribution in [0.1, 0.15) is 13.8 Å². The first-order valence-electron chi connectivity index (χ1n) is 6.15. The lowest BCUT2D eigenvalue weighted by atomic mass is 10.3. The molecule has 6 nitrogen and oxygen atoms in total. The van der Waals surface area contributed by atoms with Gasteiger partial charge < -0.3 is 9.64 Å². The first kappa shape index (κ1) is 16.0. The van der Waals surface area contributed by atoms with Gasteiger partial charge >= 0.3 is 0 Å². The van der Waals surface area contributed by atoms with Gasteiger partial charge in [0.15, 0.2) is 5.57 Å². The van der Waals surface area contributed by atoms with Gasteiger partial charge in [-0.25, -0.2) is 0 Å². The Morgan fingerprint density at radius 2 is 2.15 bits per heavy atom. The number of carbonyl (C=O) groups is 1. The van der Waals surface area contributed by atoms with Gasteiger partial charge in [0, 0.05) is 20.6 Å². The molecule has 0 aliphatic carbocycles. The van der Waals surface area contributed by atoms with Crippen molar-refractivity contribution in [2.45, 2.75) is 20.4 Å². The van der Waals surface area contributed by atoms with E-state index in [2.05, 4.69) is 0 Å². The third-order valence-corrected chi connectivity index (χ3v) is 3.64. The number of nitriles is 1. The monoisotopic (exact) mass is 295 g/mol. The van der Waals surface area contributed by atoms with Crippen molar-refractivity contribution in [3.05, 3.63) is 19.5 Å². The summed E-state index contributed by atoms with van der Waals surface area (Å²) < 4.78 is 7.27. The summed E-state index contributed by atoms with van der Waals surface area (Å²) in [5.74, 6) is -0.418. The maximum absolute atomic E-state index is 12.2. The summed E-state index contributed by atoms with van der Waals surface area (Å²) >= 11 is 1.09. The number of hydrogen-bond donors (Lipinski definition) is 0. The number of nitrogens with zero attached hydrogens (tertiary/aromatic N) is 3. The van der Waals surface area contributed by atoms with E-state index in [1.165, 1.54) is 15.7 Å². The predicted octanol–water partition coefficient (Wildman–Crippen LogP) is -0.533. The van der Waals surface area contributed by atoms with Crippen molar-refractivity contribution in [2.75, 3.05) is 20.7 Å². The van der Waals surface area contributed by atoms with Crippen LogP contribution in [0.4, 0.5) is 0 Å². The van der Waals surface area contributed by atoms with Gasteiger partial charge in [-0.3, -0.25) is 14.2 Å². The Morgan fingerprint density at radius 1 is 1.50 bits per heavy atom. The average molecular weight is 295 g/mol. The molecule has 0 bridgehead atoms. The summed E-state index contributed by atoms with van der Waals surface area (Å²) in [5, 5.41) is 9.21. The van der Waals surface area contributed by atoms with Crippen LogP contribution in [0.5, 0.6) is 0 Å². The number of hydrogen-bond acceptors (Lipinski definition) is 5. The van der Waals surface area contributed by atoms with Crippen molar-refractivity contribution in [1.29, 1.82) is 5.26 Å². The summed E-state index contributed by atoms with van der Waals surface area (Å²) in [6.07, 6.45) is 1.37. The third-order valence-electron chi connectivity index (χ3n) is 2.53. The molecule has 108 valence electrons. The largest absolute Gasteiger partial charge is 0.500 e. The molecule has 0 aromatic carbocycles. The first-order chi connectivity index (χ1) is 9.47. The highest BCUT2D eigenvalue weighted by atomic mass is 32.1. The normalized spacial score (nSPS) is 12.8. The molecule has 7 heteroatoms. The van der Waals surface area contributed by atoms with Gasteiger partial charge in [0.25, 0.3) is 11.5 Å². The van der Waals surface area contributed by atoms with Crippen molar-refractivity contribution in [1.82, 2.24) is 9.47 Å². The molecule has 0 spiro atoms. The molecule has 0 saturated carbocycles.